The number of carbonyl (C=O) groups excluding carboxylic acids is 2. The summed E-state index contributed by atoms with van der Waals surface area (Å²) in [6, 6.07) is 0. The minimum absolute atomic E-state index is 0.434. The monoisotopic (exact) mass is 168 g/mol. The average Bonchev–Trinajstić information content (AvgIpc) is 2.43. The Bertz CT molecular complexity index is 218. The van der Waals surface area contributed by atoms with Crippen LogP contribution in [0.3, 0.4) is 0 Å². The predicted octanol–water partition coefficient (Wildman–Crippen LogP) is 1.43. The Morgan fingerprint density at radius 3 is 2.92 bits per heavy atom. The van der Waals surface area contributed by atoms with Gasteiger partial charge in [-0.15, -0.1) is 0 Å². The molecule has 0 aromatic rings. The fourth-order valence-corrected chi connectivity index (χ4v) is 1.08. The molecule has 3 heteroatoms. The van der Waals surface area contributed by atoms with E-state index in [-0.39, 0.29) is 0 Å². The van der Waals surface area contributed by atoms with Gasteiger partial charge in [-0.05, 0) is 12.5 Å². The van der Waals surface area contributed by atoms with E-state index in [1.165, 1.54) is 0 Å². The Balaban J connectivity index is 2.47. The second kappa shape index (κ2) is 4.04. The van der Waals surface area contributed by atoms with E-state index in [1.54, 1.807) is 6.08 Å². The fourth-order valence-electron chi connectivity index (χ4n) is 1.08. The molecule has 12 heavy (non-hydrogen) atoms. The Morgan fingerprint density at radius 1 is 1.67 bits per heavy atom. The number of hydrogen-bond donors (Lipinski definition) is 0. The molecule has 0 saturated heterocycles. The molecule has 0 fully saturated rings. The van der Waals surface area contributed by atoms with E-state index < -0.39 is 11.9 Å². The maximum atomic E-state index is 10.9. The number of aldehydes is 1. The van der Waals surface area contributed by atoms with Crippen molar-refractivity contribution in [1.29, 1.82) is 0 Å². The van der Waals surface area contributed by atoms with Crippen molar-refractivity contribution in [2.45, 2.75) is 26.2 Å². The molecule has 1 heterocycles. The van der Waals surface area contributed by atoms with Crippen LogP contribution in [0.5, 0.6) is 0 Å². The normalized spacial score (nSPS) is 21.9. The van der Waals surface area contributed by atoms with Gasteiger partial charge in [0.2, 0.25) is 0 Å². The number of hydrogen-bond acceptors (Lipinski definition) is 3. The van der Waals surface area contributed by atoms with Crippen molar-refractivity contribution >= 4 is 12.3 Å². The van der Waals surface area contributed by atoms with Crippen molar-refractivity contribution in [3.63, 3.8) is 0 Å². The van der Waals surface area contributed by atoms with E-state index in [4.69, 9.17) is 4.74 Å². The van der Waals surface area contributed by atoms with E-state index in [0.717, 1.165) is 19.3 Å². The Kier molecular flexibility index (Phi) is 3.02. The lowest BCUT2D eigenvalue weighted by atomic mass is 10.1. The van der Waals surface area contributed by atoms with Crippen molar-refractivity contribution in [1.82, 2.24) is 0 Å². The fraction of sp³-hybridized carbons (Fsp3) is 0.556. The first-order chi connectivity index (χ1) is 5.77. The van der Waals surface area contributed by atoms with Gasteiger partial charge in [0, 0.05) is 6.42 Å². The highest BCUT2D eigenvalue weighted by Crippen LogP contribution is 2.20. The third-order valence-corrected chi connectivity index (χ3v) is 1.79. The van der Waals surface area contributed by atoms with Crippen molar-refractivity contribution in [3.05, 3.63) is 11.8 Å². The van der Waals surface area contributed by atoms with Crippen molar-refractivity contribution in [2.24, 2.45) is 5.92 Å². The van der Waals surface area contributed by atoms with Gasteiger partial charge < -0.3 is 9.53 Å². The van der Waals surface area contributed by atoms with Gasteiger partial charge in [-0.3, -0.25) is 4.79 Å². The number of esters is 1. The highest BCUT2D eigenvalue weighted by Gasteiger charge is 2.25. The minimum atomic E-state index is -0.656. The zero-order valence-corrected chi connectivity index (χ0v) is 7.08. The van der Waals surface area contributed by atoms with Crippen molar-refractivity contribution in [2.75, 3.05) is 0 Å². The van der Waals surface area contributed by atoms with Crippen LogP contribution in [0.2, 0.25) is 0 Å². The van der Waals surface area contributed by atoms with Crippen LogP contribution in [0.1, 0.15) is 26.2 Å². The molecule has 1 atom stereocenters. The van der Waals surface area contributed by atoms with Crippen LogP contribution in [-0.4, -0.2) is 12.3 Å². The standard InChI is InChI=1S/C9H12O3/c1-2-3-4-8-5-7(6-10)9(11)12-8/h5-7H,2-4H2,1H3. The Hall–Kier alpha value is -1.12. The van der Waals surface area contributed by atoms with Gasteiger partial charge in [0.05, 0.1) is 0 Å². The summed E-state index contributed by atoms with van der Waals surface area (Å²) in [6.45, 7) is 2.06. The zero-order chi connectivity index (χ0) is 8.97. The number of cyclic esters (lactones) is 1. The quantitative estimate of drug-likeness (QED) is 0.362. The minimum Gasteiger partial charge on any atom is -0.431 e. The molecule has 0 radical (unpaired) electrons. The van der Waals surface area contributed by atoms with Gasteiger partial charge in [0.15, 0.2) is 0 Å². The van der Waals surface area contributed by atoms with Gasteiger partial charge in [-0.2, -0.15) is 0 Å². The third kappa shape index (κ3) is 1.94. The van der Waals surface area contributed by atoms with Crippen LogP contribution in [0.15, 0.2) is 11.8 Å². The second-order valence-electron chi connectivity index (χ2n) is 2.82. The lowest BCUT2D eigenvalue weighted by Gasteiger charge is -1.98. The summed E-state index contributed by atoms with van der Waals surface area (Å²) in [7, 11) is 0. The van der Waals surface area contributed by atoms with Gasteiger partial charge in [-0.25, -0.2) is 0 Å². The molecular formula is C9H12O3. The van der Waals surface area contributed by atoms with Gasteiger partial charge in [-0.1, -0.05) is 13.3 Å². The molecular weight excluding hydrogens is 156 g/mol. The Morgan fingerprint density at radius 2 is 2.42 bits per heavy atom. The molecule has 1 unspecified atom stereocenters. The molecule has 66 valence electrons. The van der Waals surface area contributed by atoms with E-state index in [9.17, 15) is 9.59 Å². The van der Waals surface area contributed by atoms with Crippen LogP contribution in [0, 0.1) is 5.92 Å². The van der Waals surface area contributed by atoms with Crippen LogP contribution >= 0.6 is 0 Å². The lowest BCUT2D eigenvalue weighted by Crippen LogP contribution is -2.08. The number of ether oxygens (including phenoxy) is 1. The maximum absolute atomic E-state index is 10.9. The van der Waals surface area contributed by atoms with Crippen LogP contribution in [0.25, 0.3) is 0 Å². The molecule has 0 amide bonds. The van der Waals surface area contributed by atoms with Gasteiger partial charge in [0.1, 0.15) is 18.0 Å². The summed E-state index contributed by atoms with van der Waals surface area (Å²) in [5.74, 6) is -0.438. The summed E-state index contributed by atoms with van der Waals surface area (Å²) in [5.41, 5.74) is 0. The summed E-state index contributed by atoms with van der Waals surface area (Å²) in [6.07, 6.45) is 5.02. The van der Waals surface area contributed by atoms with Crippen molar-refractivity contribution < 1.29 is 14.3 Å². The zero-order valence-electron chi connectivity index (χ0n) is 7.08. The molecule has 1 rings (SSSR count). The first kappa shape index (κ1) is 8.97. The summed E-state index contributed by atoms with van der Waals surface area (Å²) in [5, 5.41) is 0. The smallest absolute Gasteiger partial charge is 0.325 e. The van der Waals surface area contributed by atoms with Crippen molar-refractivity contribution in [3.8, 4) is 0 Å². The first-order valence-electron chi connectivity index (χ1n) is 4.15. The lowest BCUT2D eigenvalue weighted by molar-refractivity contribution is -0.141. The Labute approximate surface area is 71.4 Å². The van der Waals surface area contributed by atoms with E-state index in [1.807, 2.05) is 0 Å². The first-order valence-corrected chi connectivity index (χ1v) is 4.15. The molecule has 0 aromatic carbocycles. The maximum Gasteiger partial charge on any atom is 0.325 e. The summed E-state index contributed by atoms with van der Waals surface area (Å²) < 4.78 is 4.86. The highest BCUT2D eigenvalue weighted by molar-refractivity contribution is 5.92. The number of rotatable bonds is 4. The predicted molar refractivity (Wildman–Crippen MR) is 43.3 cm³/mol. The van der Waals surface area contributed by atoms with Gasteiger partial charge >= 0.3 is 5.97 Å². The third-order valence-electron chi connectivity index (χ3n) is 1.79. The molecule has 1 aliphatic rings. The molecule has 0 bridgehead atoms. The molecule has 0 aromatic heterocycles. The molecule has 0 aliphatic carbocycles. The number of unbranched alkanes of at least 4 members (excludes halogenated alkanes) is 1. The average molecular weight is 168 g/mol. The topological polar surface area (TPSA) is 43.4 Å². The highest BCUT2D eigenvalue weighted by atomic mass is 16.5. The van der Waals surface area contributed by atoms with E-state index in [2.05, 4.69) is 6.92 Å². The molecule has 1 aliphatic heterocycles. The van der Waals surface area contributed by atoms with Crippen LogP contribution in [0.4, 0.5) is 0 Å². The van der Waals surface area contributed by atoms with E-state index in [0.29, 0.717) is 12.0 Å². The van der Waals surface area contributed by atoms with E-state index >= 15 is 0 Å². The molecule has 0 saturated carbocycles. The van der Waals surface area contributed by atoms with Gasteiger partial charge in [0.25, 0.3) is 0 Å². The largest absolute Gasteiger partial charge is 0.431 e. The summed E-state index contributed by atoms with van der Waals surface area (Å²) >= 11 is 0. The molecule has 0 spiro atoms. The summed E-state index contributed by atoms with van der Waals surface area (Å²) in [4.78, 5) is 21.2. The molecule has 0 N–H and O–H groups in total. The number of allylic oxidation sites excluding steroid dienone is 1. The number of carbonyl (C=O) groups is 2. The van der Waals surface area contributed by atoms with Crippen LogP contribution in [-0.2, 0) is 14.3 Å². The SMILES string of the molecule is CCCCC1=CC(C=O)C(=O)O1. The second-order valence-corrected chi connectivity index (χ2v) is 2.82. The molecule has 3 nitrogen and oxygen atoms in total. The van der Waals surface area contributed by atoms with Crippen LogP contribution < -0.4 is 0 Å².